The third-order valence-electron chi connectivity index (χ3n) is 2.40. The monoisotopic (exact) mass is 293 g/mol. The van der Waals surface area contributed by atoms with Crippen molar-refractivity contribution in [2.45, 2.75) is 6.42 Å². The fraction of sp³-hybridized carbons (Fsp3) is 0.167. The van der Waals surface area contributed by atoms with Gasteiger partial charge >= 0.3 is 0 Å². The van der Waals surface area contributed by atoms with E-state index in [1.54, 1.807) is 23.0 Å². The molecule has 17 heavy (non-hydrogen) atoms. The van der Waals surface area contributed by atoms with Crippen molar-refractivity contribution in [1.29, 1.82) is 0 Å². The summed E-state index contributed by atoms with van der Waals surface area (Å²) in [6.45, 7) is 0.380. The van der Waals surface area contributed by atoms with Gasteiger partial charge in [-0.15, -0.1) is 0 Å². The number of halogens is 1. The first-order chi connectivity index (χ1) is 8.22. The topological polar surface area (TPSA) is 60.9 Å². The van der Waals surface area contributed by atoms with E-state index in [1.165, 1.54) is 0 Å². The van der Waals surface area contributed by atoms with Gasteiger partial charge in [0.05, 0.1) is 11.9 Å². The maximum Gasteiger partial charge on any atom is 0.164 e. The zero-order valence-electron chi connectivity index (χ0n) is 9.14. The molecule has 2 rings (SSSR count). The number of carbonyl (C=O) groups is 1. The van der Waals surface area contributed by atoms with Gasteiger partial charge in [-0.1, -0.05) is 0 Å². The van der Waals surface area contributed by atoms with Crippen LogP contribution >= 0.6 is 15.9 Å². The van der Waals surface area contributed by atoms with Crippen molar-refractivity contribution < 1.29 is 4.79 Å². The van der Waals surface area contributed by atoms with Crippen LogP contribution in [0.4, 0.5) is 0 Å². The Balaban J connectivity index is 2.25. The molecule has 5 heteroatoms. The van der Waals surface area contributed by atoms with Crippen LogP contribution in [0.3, 0.4) is 0 Å². The normalized spacial score (nSPS) is 10.5. The summed E-state index contributed by atoms with van der Waals surface area (Å²) in [6.07, 6.45) is 2.09. The third-order valence-corrected chi connectivity index (χ3v) is 3.00. The number of nitrogens with zero attached hydrogens (tertiary/aromatic N) is 2. The molecule has 0 spiro atoms. The predicted octanol–water partition coefficient (Wildman–Crippen LogP) is 2.17. The molecule has 88 valence electrons. The van der Waals surface area contributed by atoms with Gasteiger partial charge in [-0.3, -0.25) is 4.79 Å². The largest absolute Gasteiger partial charge is 0.330 e. The van der Waals surface area contributed by atoms with E-state index < -0.39 is 0 Å². The van der Waals surface area contributed by atoms with Crippen molar-refractivity contribution in [3.05, 3.63) is 46.7 Å². The fourth-order valence-corrected chi connectivity index (χ4v) is 1.96. The van der Waals surface area contributed by atoms with Crippen LogP contribution in [-0.4, -0.2) is 22.1 Å². The third kappa shape index (κ3) is 2.62. The Kier molecular flexibility index (Phi) is 3.71. The Bertz CT molecular complexity index is 519. The second kappa shape index (κ2) is 5.25. The molecule has 4 nitrogen and oxygen atoms in total. The molecule has 0 fully saturated rings. The van der Waals surface area contributed by atoms with E-state index in [4.69, 9.17) is 5.73 Å². The van der Waals surface area contributed by atoms with Gasteiger partial charge in [-0.2, -0.15) is 5.10 Å². The van der Waals surface area contributed by atoms with Gasteiger partial charge in [0.25, 0.3) is 0 Å². The summed E-state index contributed by atoms with van der Waals surface area (Å²) in [5.74, 6) is 0.0681. The van der Waals surface area contributed by atoms with Gasteiger partial charge in [-0.25, -0.2) is 4.68 Å². The average Bonchev–Trinajstić information content (AvgIpc) is 2.76. The molecule has 0 bridgehead atoms. The first-order valence-electron chi connectivity index (χ1n) is 5.25. The highest BCUT2D eigenvalue weighted by atomic mass is 79.9. The van der Waals surface area contributed by atoms with Gasteiger partial charge in [0.2, 0.25) is 0 Å². The summed E-state index contributed by atoms with van der Waals surface area (Å²) in [4.78, 5) is 11.6. The van der Waals surface area contributed by atoms with E-state index in [9.17, 15) is 4.79 Å². The highest BCUT2D eigenvalue weighted by Crippen LogP contribution is 2.16. The second-order valence-electron chi connectivity index (χ2n) is 3.57. The highest BCUT2D eigenvalue weighted by Gasteiger charge is 2.06. The number of rotatable bonds is 4. The minimum Gasteiger partial charge on any atom is -0.330 e. The van der Waals surface area contributed by atoms with E-state index in [-0.39, 0.29) is 5.78 Å². The summed E-state index contributed by atoms with van der Waals surface area (Å²) in [6, 6.07) is 9.17. The van der Waals surface area contributed by atoms with Crippen LogP contribution in [-0.2, 0) is 0 Å². The number of hydrogen-bond acceptors (Lipinski definition) is 3. The smallest absolute Gasteiger partial charge is 0.164 e. The van der Waals surface area contributed by atoms with E-state index >= 15 is 0 Å². The molecule has 2 aromatic rings. The molecular weight excluding hydrogens is 282 g/mol. The van der Waals surface area contributed by atoms with E-state index in [1.807, 2.05) is 18.2 Å². The number of hydrogen-bond donors (Lipinski definition) is 1. The first kappa shape index (κ1) is 12.0. The van der Waals surface area contributed by atoms with E-state index in [2.05, 4.69) is 21.0 Å². The molecular formula is C12H12BrN3O. The summed E-state index contributed by atoms with van der Waals surface area (Å²) < 4.78 is 2.62. The van der Waals surface area contributed by atoms with Crippen LogP contribution in [0.2, 0.25) is 0 Å². The number of benzene rings is 1. The number of ketones is 1. The molecule has 0 amide bonds. The minimum absolute atomic E-state index is 0.0681. The summed E-state index contributed by atoms with van der Waals surface area (Å²) in [5, 5.41) is 4.16. The molecule has 1 aromatic heterocycles. The summed E-state index contributed by atoms with van der Waals surface area (Å²) in [5.41, 5.74) is 6.94. The van der Waals surface area contributed by atoms with Crippen LogP contribution in [0.5, 0.6) is 0 Å². The lowest BCUT2D eigenvalue weighted by Crippen LogP contribution is -2.08. The number of carbonyl (C=O) groups excluding carboxylic acids is 1. The molecule has 0 saturated heterocycles. The van der Waals surface area contributed by atoms with Crippen LogP contribution in [0, 0.1) is 0 Å². The Labute approximate surface area is 108 Å². The van der Waals surface area contributed by atoms with Gasteiger partial charge in [0.15, 0.2) is 5.78 Å². The molecule has 2 N–H and O–H groups in total. The van der Waals surface area contributed by atoms with Gasteiger partial charge in [-0.05, 0) is 52.8 Å². The fourth-order valence-electron chi connectivity index (χ4n) is 1.54. The highest BCUT2D eigenvalue weighted by molar-refractivity contribution is 9.10. The van der Waals surface area contributed by atoms with Crippen LogP contribution < -0.4 is 5.73 Å². The molecule has 0 aliphatic rings. The van der Waals surface area contributed by atoms with Gasteiger partial charge in [0.1, 0.15) is 4.60 Å². The molecule has 0 atom stereocenters. The lowest BCUT2D eigenvalue weighted by Gasteiger charge is -2.04. The number of aromatic nitrogens is 2. The van der Waals surface area contributed by atoms with Crippen LogP contribution in [0.25, 0.3) is 5.69 Å². The maximum absolute atomic E-state index is 11.6. The molecule has 0 saturated carbocycles. The standard InChI is InChI=1S/C12H12BrN3O/c13-12-6-8-15-16(12)10-3-1-9(2-4-10)11(17)5-7-14/h1-4,6,8H,5,7,14H2. The van der Waals surface area contributed by atoms with Crippen LogP contribution in [0.1, 0.15) is 16.8 Å². The molecule has 0 aliphatic carbocycles. The zero-order valence-corrected chi connectivity index (χ0v) is 10.7. The van der Waals surface area contributed by atoms with Crippen molar-refractivity contribution in [2.75, 3.05) is 6.54 Å². The average molecular weight is 294 g/mol. The van der Waals surface area contributed by atoms with Crippen molar-refractivity contribution in [2.24, 2.45) is 5.73 Å². The van der Waals surface area contributed by atoms with Crippen molar-refractivity contribution in [3.63, 3.8) is 0 Å². The minimum atomic E-state index is 0.0681. The maximum atomic E-state index is 11.6. The van der Waals surface area contributed by atoms with Crippen LogP contribution in [0.15, 0.2) is 41.1 Å². The van der Waals surface area contributed by atoms with E-state index in [0.717, 1.165) is 10.3 Å². The van der Waals surface area contributed by atoms with Crippen molar-refractivity contribution in [3.8, 4) is 5.69 Å². The number of Topliss-reactive ketones (excluding diaryl/α,β-unsaturated/α-hetero) is 1. The molecule has 1 aromatic carbocycles. The molecule has 1 heterocycles. The van der Waals surface area contributed by atoms with E-state index in [0.29, 0.717) is 18.5 Å². The number of nitrogens with two attached hydrogens (primary N) is 1. The predicted molar refractivity (Wildman–Crippen MR) is 69.3 cm³/mol. The lowest BCUT2D eigenvalue weighted by atomic mass is 10.1. The summed E-state index contributed by atoms with van der Waals surface area (Å²) >= 11 is 3.39. The second-order valence-corrected chi connectivity index (χ2v) is 4.39. The zero-order chi connectivity index (χ0) is 12.3. The van der Waals surface area contributed by atoms with Crippen molar-refractivity contribution >= 4 is 21.7 Å². The molecule has 0 unspecified atom stereocenters. The molecule has 0 aliphatic heterocycles. The lowest BCUT2D eigenvalue weighted by molar-refractivity contribution is 0.0985. The SMILES string of the molecule is NCCC(=O)c1ccc(-n2nccc2Br)cc1. The van der Waals surface area contributed by atoms with Gasteiger partial charge < -0.3 is 5.73 Å². The van der Waals surface area contributed by atoms with Crippen molar-refractivity contribution in [1.82, 2.24) is 9.78 Å². The molecule has 0 radical (unpaired) electrons. The van der Waals surface area contributed by atoms with Gasteiger partial charge in [0, 0.05) is 12.0 Å². The Hall–Kier alpha value is -1.46. The quantitative estimate of drug-likeness (QED) is 0.879. The summed E-state index contributed by atoms with van der Waals surface area (Å²) in [7, 11) is 0. The first-order valence-corrected chi connectivity index (χ1v) is 6.05. The Morgan fingerprint density at radius 2 is 2.00 bits per heavy atom. The Morgan fingerprint density at radius 1 is 1.29 bits per heavy atom. The Morgan fingerprint density at radius 3 is 2.53 bits per heavy atom.